The maximum Gasteiger partial charge on any atom is 0.156 e. The first-order chi connectivity index (χ1) is 7.97. The van der Waals surface area contributed by atoms with Crippen LogP contribution in [0, 0.1) is 0 Å². The molecule has 2 rings (SSSR count). The number of nitrogens with one attached hydrogen (secondary N) is 1. The fraction of sp³-hybridized carbons (Fsp3) is 0.846. The largest absolute Gasteiger partial charge is 0.307 e. The zero-order chi connectivity index (χ0) is 12.5. The smallest absolute Gasteiger partial charge is 0.156 e. The lowest BCUT2D eigenvalue weighted by atomic mass is 9.96. The van der Waals surface area contributed by atoms with Crippen molar-refractivity contribution in [2.45, 2.75) is 64.5 Å². The highest BCUT2D eigenvalue weighted by Crippen LogP contribution is 2.20. The summed E-state index contributed by atoms with van der Waals surface area (Å²) in [5, 5.41) is 8.07. The van der Waals surface area contributed by atoms with Crippen LogP contribution in [-0.2, 0) is 19.0 Å². The van der Waals surface area contributed by atoms with Gasteiger partial charge in [0.25, 0.3) is 0 Å². The van der Waals surface area contributed by atoms with Crippen LogP contribution in [0.2, 0.25) is 0 Å². The van der Waals surface area contributed by atoms with E-state index in [1.807, 2.05) is 11.7 Å². The van der Waals surface area contributed by atoms with E-state index < -0.39 is 0 Å². The monoisotopic (exact) mass is 236 g/mol. The van der Waals surface area contributed by atoms with Gasteiger partial charge in [0, 0.05) is 18.5 Å². The first kappa shape index (κ1) is 12.6. The highest BCUT2D eigenvalue weighted by molar-refractivity contribution is 5.03. The Kier molecular flexibility index (Phi) is 3.52. The standard InChI is InChI=1S/C13H24N4/c1-13(2,3)12-15-11(17(4)16-12)9-14-10-7-5-6-8-10/h10,14H,5-9H2,1-4H3. The molecule has 4 nitrogen and oxygen atoms in total. The van der Waals surface area contributed by atoms with Crippen molar-refractivity contribution in [1.82, 2.24) is 20.1 Å². The van der Waals surface area contributed by atoms with Crippen molar-refractivity contribution >= 4 is 0 Å². The Hall–Kier alpha value is -0.900. The number of aromatic nitrogens is 3. The van der Waals surface area contributed by atoms with Crippen LogP contribution in [0.3, 0.4) is 0 Å². The summed E-state index contributed by atoms with van der Waals surface area (Å²) in [6, 6.07) is 0.685. The molecule has 4 heteroatoms. The summed E-state index contributed by atoms with van der Waals surface area (Å²) >= 11 is 0. The van der Waals surface area contributed by atoms with Crippen LogP contribution in [0.5, 0.6) is 0 Å². The van der Waals surface area contributed by atoms with E-state index >= 15 is 0 Å². The SMILES string of the molecule is Cn1nc(C(C)(C)C)nc1CNC1CCCC1. The van der Waals surface area contributed by atoms with Crippen LogP contribution in [-0.4, -0.2) is 20.8 Å². The van der Waals surface area contributed by atoms with Gasteiger partial charge in [0.1, 0.15) is 5.82 Å². The molecule has 0 amide bonds. The minimum atomic E-state index is 0.0311. The van der Waals surface area contributed by atoms with Crippen LogP contribution < -0.4 is 5.32 Å². The molecule has 0 spiro atoms. The molecule has 1 saturated carbocycles. The molecule has 0 aromatic carbocycles. The Morgan fingerprint density at radius 3 is 2.47 bits per heavy atom. The van der Waals surface area contributed by atoms with Crippen LogP contribution in [0.4, 0.5) is 0 Å². The average Bonchev–Trinajstić information content (AvgIpc) is 2.83. The second-order valence-electron chi connectivity index (χ2n) is 6.09. The maximum atomic E-state index is 4.63. The molecule has 96 valence electrons. The molecular formula is C13H24N4. The third kappa shape index (κ3) is 3.06. The van der Waals surface area contributed by atoms with Gasteiger partial charge in [-0.15, -0.1) is 0 Å². The fourth-order valence-electron chi connectivity index (χ4n) is 2.25. The summed E-state index contributed by atoms with van der Waals surface area (Å²) in [7, 11) is 1.98. The first-order valence-electron chi connectivity index (χ1n) is 6.60. The van der Waals surface area contributed by atoms with Gasteiger partial charge in [-0.1, -0.05) is 33.6 Å². The van der Waals surface area contributed by atoms with Crippen LogP contribution in [0.1, 0.15) is 58.1 Å². The van der Waals surface area contributed by atoms with Gasteiger partial charge in [-0.2, -0.15) is 5.10 Å². The predicted molar refractivity (Wildman–Crippen MR) is 68.8 cm³/mol. The molecule has 0 atom stereocenters. The molecule has 0 saturated heterocycles. The van der Waals surface area contributed by atoms with E-state index in [1.54, 1.807) is 0 Å². The van der Waals surface area contributed by atoms with Crippen molar-refractivity contribution in [2.24, 2.45) is 7.05 Å². The van der Waals surface area contributed by atoms with E-state index in [1.165, 1.54) is 25.7 Å². The molecule has 1 heterocycles. The van der Waals surface area contributed by atoms with E-state index in [4.69, 9.17) is 0 Å². The molecule has 0 radical (unpaired) electrons. The lowest BCUT2D eigenvalue weighted by molar-refractivity contribution is 0.502. The van der Waals surface area contributed by atoms with Crippen molar-refractivity contribution in [3.8, 4) is 0 Å². The summed E-state index contributed by atoms with van der Waals surface area (Å²) in [5.74, 6) is 1.98. The molecule has 0 unspecified atom stereocenters. The topological polar surface area (TPSA) is 42.7 Å². The fourth-order valence-corrected chi connectivity index (χ4v) is 2.25. The van der Waals surface area contributed by atoms with E-state index in [2.05, 4.69) is 36.2 Å². The molecule has 0 aliphatic heterocycles. The number of aryl methyl sites for hydroxylation is 1. The normalized spacial score (nSPS) is 17.9. The number of nitrogens with zero attached hydrogens (tertiary/aromatic N) is 3. The lowest BCUT2D eigenvalue weighted by Gasteiger charge is -2.12. The van der Waals surface area contributed by atoms with Gasteiger partial charge in [0.2, 0.25) is 0 Å². The Morgan fingerprint density at radius 2 is 1.94 bits per heavy atom. The summed E-state index contributed by atoms with van der Waals surface area (Å²) < 4.78 is 1.91. The summed E-state index contributed by atoms with van der Waals surface area (Å²) in [4.78, 5) is 4.63. The van der Waals surface area contributed by atoms with Crippen LogP contribution in [0.15, 0.2) is 0 Å². The Morgan fingerprint density at radius 1 is 1.29 bits per heavy atom. The minimum Gasteiger partial charge on any atom is -0.307 e. The highest BCUT2D eigenvalue weighted by Gasteiger charge is 2.21. The van der Waals surface area contributed by atoms with Gasteiger partial charge in [-0.25, -0.2) is 4.98 Å². The summed E-state index contributed by atoms with van der Waals surface area (Å²) in [6.45, 7) is 7.29. The van der Waals surface area contributed by atoms with Gasteiger partial charge in [0.15, 0.2) is 5.82 Å². The first-order valence-corrected chi connectivity index (χ1v) is 6.60. The number of hydrogen-bond donors (Lipinski definition) is 1. The van der Waals surface area contributed by atoms with E-state index in [0.29, 0.717) is 6.04 Å². The number of rotatable bonds is 3. The molecule has 1 aromatic rings. The van der Waals surface area contributed by atoms with Gasteiger partial charge in [-0.3, -0.25) is 4.68 Å². The molecule has 1 aromatic heterocycles. The second kappa shape index (κ2) is 4.77. The zero-order valence-corrected chi connectivity index (χ0v) is 11.5. The highest BCUT2D eigenvalue weighted by atomic mass is 15.3. The van der Waals surface area contributed by atoms with Gasteiger partial charge < -0.3 is 5.32 Å². The molecule has 1 aliphatic rings. The maximum absolute atomic E-state index is 4.63. The summed E-state index contributed by atoms with van der Waals surface area (Å²) in [5.41, 5.74) is 0.0311. The molecular weight excluding hydrogens is 212 g/mol. The Labute approximate surface area is 104 Å². The van der Waals surface area contributed by atoms with Crippen molar-refractivity contribution in [2.75, 3.05) is 0 Å². The Balaban J connectivity index is 1.98. The molecule has 1 aliphatic carbocycles. The van der Waals surface area contributed by atoms with E-state index in [-0.39, 0.29) is 5.41 Å². The summed E-state index contributed by atoms with van der Waals surface area (Å²) in [6.07, 6.45) is 5.35. The minimum absolute atomic E-state index is 0.0311. The Bertz CT molecular complexity index is 369. The van der Waals surface area contributed by atoms with Crippen LogP contribution in [0.25, 0.3) is 0 Å². The molecule has 1 N–H and O–H groups in total. The lowest BCUT2D eigenvalue weighted by Crippen LogP contribution is -2.26. The zero-order valence-electron chi connectivity index (χ0n) is 11.5. The van der Waals surface area contributed by atoms with Gasteiger partial charge in [0.05, 0.1) is 6.54 Å². The predicted octanol–water partition coefficient (Wildman–Crippen LogP) is 2.14. The van der Waals surface area contributed by atoms with E-state index in [9.17, 15) is 0 Å². The third-order valence-electron chi connectivity index (χ3n) is 3.43. The van der Waals surface area contributed by atoms with Crippen molar-refractivity contribution in [3.05, 3.63) is 11.6 Å². The van der Waals surface area contributed by atoms with Gasteiger partial charge >= 0.3 is 0 Å². The van der Waals surface area contributed by atoms with E-state index in [0.717, 1.165) is 18.2 Å². The van der Waals surface area contributed by atoms with Crippen molar-refractivity contribution in [3.63, 3.8) is 0 Å². The van der Waals surface area contributed by atoms with Crippen molar-refractivity contribution < 1.29 is 0 Å². The van der Waals surface area contributed by atoms with Crippen molar-refractivity contribution in [1.29, 1.82) is 0 Å². The van der Waals surface area contributed by atoms with Gasteiger partial charge in [-0.05, 0) is 12.8 Å². The number of hydrogen-bond acceptors (Lipinski definition) is 3. The third-order valence-corrected chi connectivity index (χ3v) is 3.43. The quantitative estimate of drug-likeness (QED) is 0.874. The van der Waals surface area contributed by atoms with Crippen LogP contribution >= 0.6 is 0 Å². The second-order valence-corrected chi connectivity index (χ2v) is 6.09. The molecule has 1 fully saturated rings. The molecule has 17 heavy (non-hydrogen) atoms. The molecule has 0 bridgehead atoms. The average molecular weight is 236 g/mol.